The number of nitro groups is 1. The van der Waals surface area contributed by atoms with Gasteiger partial charge in [-0.3, -0.25) is 10.1 Å². The summed E-state index contributed by atoms with van der Waals surface area (Å²) in [6.07, 6.45) is -0.329. The number of non-ortho nitro benzene ring substituents is 1. The van der Waals surface area contributed by atoms with E-state index in [4.69, 9.17) is 0 Å². The van der Waals surface area contributed by atoms with Crippen LogP contribution < -0.4 is 0 Å². The SMILES string of the molecule is O=[N+]([O-])c1ccc(C(F)(F)CCBr)cc1. The maximum atomic E-state index is 13.3. The summed E-state index contributed by atoms with van der Waals surface area (Å²) in [5, 5.41) is 10.5. The molecule has 1 aromatic carbocycles. The van der Waals surface area contributed by atoms with Crippen LogP contribution in [-0.2, 0) is 5.92 Å². The Kier molecular flexibility index (Phi) is 3.73. The summed E-state index contributed by atoms with van der Waals surface area (Å²) in [5.74, 6) is -2.95. The lowest BCUT2D eigenvalue weighted by molar-refractivity contribution is -0.384. The standard InChI is InChI=1S/C9H8BrF2NO2/c10-6-5-9(11,12)7-1-3-8(4-2-7)13(14)15/h1-4H,5-6H2. The van der Waals surface area contributed by atoms with Gasteiger partial charge in [0.2, 0.25) is 0 Å². The highest BCUT2D eigenvalue weighted by Gasteiger charge is 2.30. The van der Waals surface area contributed by atoms with Gasteiger partial charge in [0, 0.05) is 29.4 Å². The van der Waals surface area contributed by atoms with Crippen LogP contribution >= 0.6 is 15.9 Å². The molecule has 0 atom stereocenters. The number of benzene rings is 1. The highest BCUT2D eigenvalue weighted by Crippen LogP contribution is 2.32. The van der Waals surface area contributed by atoms with E-state index in [1.165, 1.54) is 0 Å². The monoisotopic (exact) mass is 279 g/mol. The van der Waals surface area contributed by atoms with Crippen molar-refractivity contribution in [2.45, 2.75) is 12.3 Å². The molecule has 0 radical (unpaired) electrons. The van der Waals surface area contributed by atoms with E-state index in [0.717, 1.165) is 24.3 Å². The summed E-state index contributed by atoms with van der Waals surface area (Å²) >= 11 is 2.93. The van der Waals surface area contributed by atoms with Crippen molar-refractivity contribution < 1.29 is 13.7 Å². The summed E-state index contributed by atoms with van der Waals surface area (Å²) in [4.78, 5) is 9.68. The van der Waals surface area contributed by atoms with Crippen molar-refractivity contribution in [1.82, 2.24) is 0 Å². The highest BCUT2D eigenvalue weighted by molar-refractivity contribution is 9.09. The molecule has 6 heteroatoms. The number of alkyl halides is 3. The second-order valence-electron chi connectivity index (χ2n) is 2.95. The zero-order chi connectivity index (χ0) is 11.5. The molecule has 1 rings (SSSR count). The lowest BCUT2D eigenvalue weighted by Gasteiger charge is -2.14. The van der Waals surface area contributed by atoms with E-state index >= 15 is 0 Å². The van der Waals surface area contributed by atoms with Crippen LogP contribution in [0.25, 0.3) is 0 Å². The Labute approximate surface area is 93.4 Å². The van der Waals surface area contributed by atoms with Gasteiger partial charge in [-0.05, 0) is 12.1 Å². The Morgan fingerprint density at radius 1 is 1.33 bits per heavy atom. The second kappa shape index (κ2) is 4.65. The van der Waals surface area contributed by atoms with E-state index in [1.54, 1.807) is 0 Å². The van der Waals surface area contributed by atoms with Crippen LogP contribution in [0.3, 0.4) is 0 Å². The molecule has 0 bridgehead atoms. The Balaban J connectivity index is 2.93. The predicted molar refractivity (Wildman–Crippen MR) is 55.4 cm³/mol. The third-order valence-corrected chi connectivity index (χ3v) is 2.31. The molecule has 0 unspecified atom stereocenters. The molecule has 0 spiro atoms. The fraction of sp³-hybridized carbons (Fsp3) is 0.333. The number of halogens is 3. The van der Waals surface area contributed by atoms with Crippen molar-refractivity contribution >= 4 is 21.6 Å². The number of nitro benzene ring substituents is 1. The molecule has 1 aromatic rings. The molecule has 0 amide bonds. The number of hydrogen-bond acceptors (Lipinski definition) is 2. The fourth-order valence-corrected chi connectivity index (χ4v) is 1.59. The molecule has 0 saturated carbocycles. The molecule has 3 nitrogen and oxygen atoms in total. The lowest BCUT2D eigenvalue weighted by atomic mass is 10.1. The van der Waals surface area contributed by atoms with E-state index in [-0.39, 0.29) is 23.0 Å². The number of nitrogens with zero attached hydrogens (tertiary/aromatic N) is 1. The second-order valence-corrected chi connectivity index (χ2v) is 3.74. The maximum absolute atomic E-state index is 13.3. The van der Waals surface area contributed by atoms with Crippen LogP contribution in [0.5, 0.6) is 0 Å². The van der Waals surface area contributed by atoms with E-state index in [2.05, 4.69) is 15.9 Å². The minimum absolute atomic E-state index is 0.178. The van der Waals surface area contributed by atoms with Gasteiger partial charge in [0.05, 0.1) is 4.92 Å². The summed E-state index contributed by atoms with van der Waals surface area (Å²) in [7, 11) is 0. The normalized spacial score (nSPS) is 11.4. The van der Waals surface area contributed by atoms with Crippen molar-refractivity contribution in [2.75, 3.05) is 5.33 Å². The third kappa shape index (κ3) is 2.95. The van der Waals surface area contributed by atoms with Gasteiger partial charge >= 0.3 is 0 Å². The largest absolute Gasteiger partial charge is 0.274 e. The quantitative estimate of drug-likeness (QED) is 0.481. The zero-order valence-electron chi connectivity index (χ0n) is 7.62. The van der Waals surface area contributed by atoms with Crippen LogP contribution in [0.4, 0.5) is 14.5 Å². The molecule has 15 heavy (non-hydrogen) atoms. The molecule has 0 heterocycles. The van der Waals surface area contributed by atoms with Gasteiger partial charge in [-0.15, -0.1) is 0 Å². The topological polar surface area (TPSA) is 43.1 Å². The van der Waals surface area contributed by atoms with Crippen LogP contribution in [-0.4, -0.2) is 10.3 Å². The first kappa shape index (κ1) is 12.0. The Bertz CT molecular complexity index is 354. The maximum Gasteiger partial charge on any atom is 0.274 e. The van der Waals surface area contributed by atoms with Gasteiger partial charge in [-0.2, -0.15) is 0 Å². The van der Waals surface area contributed by atoms with Crippen molar-refractivity contribution in [3.8, 4) is 0 Å². The fourth-order valence-electron chi connectivity index (χ4n) is 1.09. The highest BCUT2D eigenvalue weighted by atomic mass is 79.9. The molecule has 0 saturated heterocycles. The van der Waals surface area contributed by atoms with Crippen molar-refractivity contribution in [2.24, 2.45) is 0 Å². The first-order valence-corrected chi connectivity index (χ1v) is 5.28. The van der Waals surface area contributed by atoms with Gasteiger partial charge in [-0.1, -0.05) is 15.9 Å². The van der Waals surface area contributed by atoms with E-state index in [1.807, 2.05) is 0 Å². The summed E-state index contributed by atoms with van der Waals surface area (Å²) in [5.41, 5.74) is -0.388. The van der Waals surface area contributed by atoms with Crippen molar-refractivity contribution in [3.63, 3.8) is 0 Å². The molecule has 0 aliphatic heterocycles. The number of rotatable bonds is 4. The average molecular weight is 280 g/mol. The third-order valence-electron chi connectivity index (χ3n) is 1.91. The van der Waals surface area contributed by atoms with Crippen molar-refractivity contribution in [3.05, 3.63) is 39.9 Å². The summed E-state index contributed by atoms with van der Waals surface area (Å²) in [6.45, 7) is 0. The van der Waals surface area contributed by atoms with Crippen LogP contribution in [0.2, 0.25) is 0 Å². The molecule has 0 aliphatic rings. The molecule has 0 aliphatic carbocycles. The van der Waals surface area contributed by atoms with Gasteiger partial charge in [0.25, 0.3) is 11.6 Å². The first-order valence-electron chi connectivity index (χ1n) is 4.16. The van der Waals surface area contributed by atoms with E-state index < -0.39 is 10.8 Å². The lowest BCUT2D eigenvalue weighted by Crippen LogP contribution is -2.13. The average Bonchev–Trinajstić information content (AvgIpc) is 2.18. The van der Waals surface area contributed by atoms with E-state index in [0.29, 0.717) is 0 Å². The van der Waals surface area contributed by atoms with Gasteiger partial charge in [0.1, 0.15) is 0 Å². The Morgan fingerprint density at radius 3 is 2.27 bits per heavy atom. The van der Waals surface area contributed by atoms with Gasteiger partial charge in [-0.25, -0.2) is 8.78 Å². The zero-order valence-corrected chi connectivity index (χ0v) is 9.21. The minimum Gasteiger partial charge on any atom is -0.258 e. The Hall–Kier alpha value is -1.04. The van der Waals surface area contributed by atoms with Gasteiger partial charge in [0.15, 0.2) is 0 Å². The van der Waals surface area contributed by atoms with Crippen LogP contribution in [0, 0.1) is 10.1 Å². The molecule has 0 aromatic heterocycles. The van der Waals surface area contributed by atoms with Gasteiger partial charge < -0.3 is 0 Å². The minimum atomic E-state index is -2.95. The predicted octanol–water partition coefficient (Wildman–Crippen LogP) is 3.47. The summed E-state index contributed by atoms with van der Waals surface area (Å²) < 4.78 is 26.6. The van der Waals surface area contributed by atoms with Crippen molar-refractivity contribution in [1.29, 1.82) is 0 Å². The van der Waals surface area contributed by atoms with E-state index in [9.17, 15) is 18.9 Å². The molecular weight excluding hydrogens is 272 g/mol. The smallest absolute Gasteiger partial charge is 0.258 e. The molecule has 82 valence electrons. The molecular formula is C9H8BrF2NO2. The van der Waals surface area contributed by atoms with Crippen LogP contribution in [0.1, 0.15) is 12.0 Å². The summed E-state index contributed by atoms with van der Waals surface area (Å²) in [6, 6.07) is 4.33. The van der Waals surface area contributed by atoms with Crippen LogP contribution in [0.15, 0.2) is 24.3 Å². The number of hydrogen-bond donors (Lipinski definition) is 0. The molecule has 0 N–H and O–H groups in total. The molecule has 0 fully saturated rings. The first-order chi connectivity index (χ1) is 6.97. The Morgan fingerprint density at radius 2 is 1.87 bits per heavy atom.